The van der Waals surface area contributed by atoms with Crippen LogP contribution in [-0.4, -0.2) is 21.9 Å². The van der Waals surface area contributed by atoms with Crippen molar-refractivity contribution in [1.29, 1.82) is 0 Å². The predicted molar refractivity (Wildman–Crippen MR) is 58.6 cm³/mol. The Morgan fingerprint density at radius 2 is 1.73 bits per heavy atom. The van der Waals surface area contributed by atoms with Gasteiger partial charge in [-0.15, -0.1) is 0 Å². The monoisotopic (exact) mass is 210 g/mol. The number of hydrogen-bond donors (Lipinski definition) is 3. The molecular weight excluding hydrogens is 192 g/mol. The van der Waals surface area contributed by atoms with Gasteiger partial charge in [0.1, 0.15) is 5.75 Å². The summed E-state index contributed by atoms with van der Waals surface area (Å²) in [6.45, 7) is 3.86. The van der Waals surface area contributed by atoms with Crippen LogP contribution < -0.4 is 0 Å². The Morgan fingerprint density at radius 1 is 1.20 bits per heavy atom. The Bertz CT molecular complexity index is 303. The molecule has 1 aromatic carbocycles. The van der Waals surface area contributed by atoms with Crippen molar-refractivity contribution in [2.24, 2.45) is 5.41 Å². The molecule has 0 spiro atoms. The van der Waals surface area contributed by atoms with Crippen molar-refractivity contribution in [3.05, 3.63) is 29.8 Å². The van der Waals surface area contributed by atoms with Crippen molar-refractivity contribution in [3.63, 3.8) is 0 Å². The summed E-state index contributed by atoms with van der Waals surface area (Å²) in [4.78, 5) is 0. The van der Waals surface area contributed by atoms with Crippen molar-refractivity contribution in [1.82, 2.24) is 0 Å². The first-order valence-corrected chi connectivity index (χ1v) is 5.05. The van der Waals surface area contributed by atoms with Crippen LogP contribution in [0, 0.1) is 5.41 Å². The van der Waals surface area contributed by atoms with Gasteiger partial charge in [0.2, 0.25) is 0 Å². The molecular formula is C12H18O3. The zero-order chi connectivity index (χ0) is 11.5. The number of aromatic hydroxyl groups is 1. The molecule has 0 aliphatic rings. The second-order valence-electron chi connectivity index (χ2n) is 4.46. The molecule has 1 rings (SSSR count). The van der Waals surface area contributed by atoms with E-state index in [1.165, 1.54) is 0 Å². The minimum absolute atomic E-state index is 0.0577. The number of aliphatic hydroxyl groups excluding tert-OH is 2. The fraction of sp³-hybridized carbons (Fsp3) is 0.500. The molecule has 1 aromatic rings. The van der Waals surface area contributed by atoms with E-state index in [-0.39, 0.29) is 17.8 Å². The number of benzene rings is 1. The number of aliphatic hydroxyl groups is 2. The van der Waals surface area contributed by atoms with Crippen LogP contribution in [0.5, 0.6) is 5.75 Å². The molecule has 0 fully saturated rings. The molecule has 1 atom stereocenters. The highest BCUT2D eigenvalue weighted by molar-refractivity contribution is 5.28. The lowest BCUT2D eigenvalue weighted by Gasteiger charge is -2.30. The van der Waals surface area contributed by atoms with Gasteiger partial charge in [-0.25, -0.2) is 0 Å². The molecule has 0 saturated carbocycles. The third-order valence-electron chi connectivity index (χ3n) is 2.71. The smallest absolute Gasteiger partial charge is 0.115 e. The largest absolute Gasteiger partial charge is 0.508 e. The predicted octanol–water partition coefficient (Wildman–Crippen LogP) is 1.83. The van der Waals surface area contributed by atoms with Gasteiger partial charge in [0.05, 0.1) is 6.10 Å². The number of phenolic OH excluding ortho intramolecular Hbond substituents is 1. The van der Waals surface area contributed by atoms with Gasteiger partial charge >= 0.3 is 0 Å². The zero-order valence-corrected chi connectivity index (χ0v) is 9.14. The van der Waals surface area contributed by atoms with Crippen LogP contribution in [0.2, 0.25) is 0 Å². The van der Waals surface area contributed by atoms with Gasteiger partial charge in [-0.3, -0.25) is 0 Å². The van der Waals surface area contributed by atoms with E-state index >= 15 is 0 Å². The molecule has 0 heterocycles. The topological polar surface area (TPSA) is 60.7 Å². The van der Waals surface area contributed by atoms with Gasteiger partial charge in [-0.2, -0.15) is 0 Å². The summed E-state index contributed by atoms with van der Waals surface area (Å²) in [7, 11) is 0. The van der Waals surface area contributed by atoms with Crippen molar-refractivity contribution in [2.45, 2.75) is 26.4 Å². The summed E-state index contributed by atoms with van der Waals surface area (Å²) in [6.07, 6.45) is -0.0973. The van der Waals surface area contributed by atoms with Gasteiger partial charge in [0, 0.05) is 6.61 Å². The van der Waals surface area contributed by atoms with Gasteiger partial charge in [-0.05, 0) is 29.5 Å². The molecule has 0 saturated heterocycles. The second-order valence-corrected chi connectivity index (χ2v) is 4.46. The summed E-state index contributed by atoms with van der Waals surface area (Å²) in [6, 6.07) is 6.49. The van der Waals surface area contributed by atoms with Crippen molar-refractivity contribution < 1.29 is 15.3 Å². The standard InChI is InChI=1S/C12H18O3/c1-12(2,7-8-13)11(15)9-3-5-10(14)6-4-9/h3-6,11,13-15H,7-8H2,1-2H3/t11-/m1/s1. The molecule has 0 aliphatic carbocycles. The van der Waals surface area contributed by atoms with E-state index < -0.39 is 6.10 Å². The fourth-order valence-electron chi connectivity index (χ4n) is 1.53. The lowest BCUT2D eigenvalue weighted by atomic mass is 9.80. The van der Waals surface area contributed by atoms with Crippen molar-refractivity contribution in [3.8, 4) is 5.75 Å². The van der Waals surface area contributed by atoms with Crippen molar-refractivity contribution >= 4 is 0 Å². The normalized spacial score (nSPS) is 13.9. The van der Waals surface area contributed by atoms with E-state index in [1.807, 2.05) is 13.8 Å². The van der Waals surface area contributed by atoms with E-state index in [1.54, 1.807) is 24.3 Å². The van der Waals surface area contributed by atoms with E-state index in [0.29, 0.717) is 6.42 Å². The van der Waals surface area contributed by atoms with Gasteiger partial charge < -0.3 is 15.3 Å². The molecule has 3 heteroatoms. The first kappa shape index (κ1) is 12.0. The average Bonchev–Trinajstić information content (AvgIpc) is 2.18. The molecule has 0 unspecified atom stereocenters. The van der Waals surface area contributed by atoms with Crippen LogP contribution >= 0.6 is 0 Å². The zero-order valence-electron chi connectivity index (χ0n) is 9.14. The molecule has 0 bridgehead atoms. The lowest BCUT2D eigenvalue weighted by Crippen LogP contribution is -2.23. The summed E-state index contributed by atoms with van der Waals surface area (Å²) >= 11 is 0. The van der Waals surface area contributed by atoms with Crippen molar-refractivity contribution in [2.75, 3.05) is 6.61 Å². The lowest BCUT2D eigenvalue weighted by molar-refractivity contribution is 0.0305. The van der Waals surface area contributed by atoms with Crippen LogP contribution in [0.4, 0.5) is 0 Å². The minimum Gasteiger partial charge on any atom is -0.508 e. The summed E-state index contributed by atoms with van der Waals surface area (Å²) < 4.78 is 0. The average molecular weight is 210 g/mol. The Balaban J connectivity index is 2.84. The first-order chi connectivity index (χ1) is 6.97. The number of phenols is 1. The van der Waals surface area contributed by atoms with E-state index in [0.717, 1.165) is 5.56 Å². The van der Waals surface area contributed by atoms with E-state index in [9.17, 15) is 5.11 Å². The Hall–Kier alpha value is -1.06. The fourth-order valence-corrected chi connectivity index (χ4v) is 1.53. The molecule has 3 N–H and O–H groups in total. The summed E-state index contributed by atoms with van der Waals surface area (Å²) in [5.74, 6) is 0.186. The van der Waals surface area contributed by atoms with Gasteiger partial charge in [0.15, 0.2) is 0 Å². The van der Waals surface area contributed by atoms with Crippen LogP contribution in [0.1, 0.15) is 31.9 Å². The maximum Gasteiger partial charge on any atom is 0.115 e. The molecule has 84 valence electrons. The second kappa shape index (κ2) is 4.64. The third kappa shape index (κ3) is 2.94. The third-order valence-corrected chi connectivity index (χ3v) is 2.71. The summed E-state index contributed by atoms with van der Waals surface area (Å²) in [5.41, 5.74) is 0.386. The molecule has 0 aromatic heterocycles. The van der Waals surface area contributed by atoms with Gasteiger partial charge in [0.25, 0.3) is 0 Å². The number of hydrogen-bond acceptors (Lipinski definition) is 3. The molecule has 15 heavy (non-hydrogen) atoms. The first-order valence-electron chi connectivity index (χ1n) is 5.05. The van der Waals surface area contributed by atoms with Crippen LogP contribution in [0.25, 0.3) is 0 Å². The molecule has 3 nitrogen and oxygen atoms in total. The Kier molecular flexibility index (Phi) is 3.72. The SMILES string of the molecule is CC(C)(CCO)[C@H](O)c1ccc(O)cc1. The molecule has 0 aliphatic heterocycles. The van der Waals surface area contributed by atoms with Crippen LogP contribution in [0.15, 0.2) is 24.3 Å². The minimum atomic E-state index is -0.634. The highest BCUT2D eigenvalue weighted by Crippen LogP contribution is 2.36. The highest BCUT2D eigenvalue weighted by atomic mass is 16.3. The Labute approximate surface area is 90.0 Å². The molecule has 0 amide bonds. The van der Waals surface area contributed by atoms with Crippen LogP contribution in [0.3, 0.4) is 0 Å². The van der Waals surface area contributed by atoms with Crippen LogP contribution in [-0.2, 0) is 0 Å². The summed E-state index contributed by atoms with van der Waals surface area (Å²) in [5, 5.41) is 28.1. The maximum atomic E-state index is 10.1. The van der Waals surface area contributed by atoms with Gasteiger partial charge in [-0.1, -0.05) is 26.0 Å². The Morgan fingerprint density at radius 3 is 2.20 bits per heavy atom. The quantitative estimate of drug-likeness (QED) is 0.710. The van der Waals surface area contributed by atoms with E-state index in [4.69, 9.17) is 10.2 Å². The number of rotatable bonds is 4. The van der Waals surface area contributed by atoms with E-state index in [2.05, 4.69) is 0 Å². The molecule has 0 radical (unpaired) electrons. The highest BCUT2D eigenvalue weighted by Gasteiger charge is 2.28. The maximum absolute atomic E-state index is 10.1.